The number of hydrogen-bond donors (Lipinski definition) is 2. The zero-order chi connectivity index (χ0) is 36.5. The third-order valence-electron chi connectivity index (χ3n) is 8.91. The molecule has 0 heterocycles. The van der Waals surface area contributed by atoms with Gasteiger partial charge in [0.15, 0.2) is 0 Å². The van der Waals surface area contributed by atoms with Crippen LogP contribution in [0.25, 0.3) is 0 Å². The summed E-state index contributed by atoms with van der Waals surface area (Å²) in [6.45, 7) is 4.58. The van der Waals surface area contributed by atoms with Gasteiger partial charge in [-0.15, -0.1) is 0 Å². The van der Waals surface area contributed by atoms with E-state index in [2.05, 4.69) is 31.3 Å². The first-order valence-electron chi connectivity index (χ1n) is 20.2. The van der Waals surface area contributed by atoms with Crippen LogP contribution in [0.15, 0.2) is 24.3 Å². The number of amides is 1. The van der Waals surface area contributed by atoms with Gasteiger partial charge in [-0.2, -0.15) is 0 Å². The molecule has 3 unspecified atom stereocenters. The van der Waals surface area contributed by atoms with E-state index in [0.717, 1.165) is 38.5 Å². The van der Waals surface area contributed by atoms with Crippen molar-refractivity contribution in [3.63, 3.8) is 0 Å². The lowest BCUT2D eigenvalue weighted by Crippen LogP contribution is -2.45. The minimum Gasteiger partial charge on any atom is -0.756 e. The van der Waals surface area contributed by atoms with Crippen LogP contribution in [0.3, 0.4) is 0 Å². The highest BCUT2D eigenvalue weighted by molar-refractivity contribution is 7.45. The molecule has 49 heavy (non-hydrogen) atoms. The van der Waals surface area contributed by atoms with E-state index in [0.29, 0.717) is 17.4 Å². The van der Waals surface area contributed by atoms with Crippen LogP contribution in [-0.4, -0.2) is 68.5 Å². The van der Waals surface area contributed by atoms with E-state index in [9.17, 15) is 19.4 Å². The number of rotatable bonds is 36. The number of phosphoric ester groups is 1. The molecule has 0 aromatic heterocycles. The fourth-order valence-electron chi connectivity index (χ4n) is 5.64. The Balaban J connectivity index is 4.44. The number of unbranched alkanes of at least 4 members (excludes halogenated alkanes) is 21. The minimum absolute atomic E-state index is 0.00488. The second-order valence-electron chi connectivity index (χ2n) is 15.0. The van der Waals surface area contributed by atoms with Gasteiger partial charge in [-0.25, -0.2) is 0 Å². The van der Waals surface area contributed by atoms with Crippen molar-refractivity contribution in [2.45, 2.75) is 187 Å². The average Bonchev–Trinajstić information content (AvgIpc) is 3.04. The smallest absolute Gasteiger partial charge is 0.268 e. The first kappa shape index (κ1) is 48.0. The first-order chi connectivity index (χ1) is 23.5. The van der Waals surface area contributed by atoms with Gasteiger partial charge in [0, 0.05) is 6.42 Å². The second kappa shape index (κ2) is 32.9. The van der Waals surface area contributed by atoms with E-state index < -0.39 is 26.6 Å². The molecule has 0 aliphatic rings. The quantitative estimate of drug-likeness (QED) is 0.0290. The summed E-state index contributed by atoms with van der Waals surface area (Å²) in [6.07, 6.45) is 36.7. The maximum atomic E-state index is 12.7. The number of nitrogens with zero attached hydrogens (tertiary/aromatic N) is 1. The summed E-state index contributed by atoms with van der Waals surface area (Å²) in [4.78, 5) is 25.1. The van der Waals surface area contributed by atoms with Gasteiger partial charge in [0.1, 0.15) is 13.2 Å². The fraction of sp³-hybridized carbons (Fsp3) is 0.875. The highest BCUT2D eigenvalue weighted by Gasteiger charge is 2.23. The predicted octanol–water partition coefficient (Wildman–Crippen LogP) is 9.94. The van der Waals surface area contributed by atoms with Crippen LogP contribution in [0, 0.1) is 0 Å². The molecule has 0 aliphatic heterocycles. The molecule has 9 heteroatoms. The highest BCUT2D eigenvalue weighted by atomic mass is 31.2. The van der Waals surface area contributed by atoms with Gasteiger partial charge in [0.05, 0.1) is 39.9 Å². The van der Waals surface area contributed by atoms with Gasteiger partial charge < -0.3 is 28.8 Å². The summed E-state index contributed by atoms with van der Waals surface area (Å²) in [5.41, 5.74) is 0. The molecular formula is C40H79N2O6P. The van der Waals surface area contributed by atoms with Crippen LogP contribution < -0.4 is 10.2 Å². The Morgan fingerprint density at radius 1 is 0.694 bits per heavy atom. The number of quaternary nitrogens is 1. The first-order valence-corrected chi connectivity index (χ1v) is 21.7. The topological polar surface area (TPSA) is 108 Å². The van der Waals surface area contributed by atoms with Crippen LogP contribution in [0.4, 0.5) is 0 Å². The summed E-state index contributed by atoms with van der Waals surface area (Å²) in [5, 5.41) is 13.7. The Bertz CT molecular complexity index is 860. The SMILES string of the molecule is CCCCCCCCCCCCCCC/C=C/CC/C=C/C(O)C(COP(=O)([O-])OCC[N+](C)(C)C)NC(=O)CCCCCCCCCC. The van der Waals surface area contributed by atoms with Crippen molar-refractivity contribution in [2.75, 3.05) is 40.9 Å². The maximum Gasteiger partial charge on any atom is 0.268 e. The van der Waals surface area contributed by atoms with Gasteiger partial charge in [0.2, 0.25) is 5.91 Å². The van der Waals surface area contributed by atoms with E-state index in [1.165, 1.54) is 116 Å². The molecule has 0 spiro atoms. The minimum atomic E-state index is -4.58. The summed E-state index contributed by atoms with van der Waals surface area (Å²) >= 11 is 0. The van der Waals surface area contributed by atoms with E-state index in [-0.39, 0.29) is 12.5 Å². The molecule has 0 saturated heterocycles. The van der Waals surface area contributed by atoms with Crippen LogP contribution in [-0.2, 0) is 18.4 Å². The van der Waals surface area contributed by atoms with Crippen molar-refractivity contribution in [3.8, 4) is 0 Å². The lowest BCUT2D eigenvalue weighted by atomic mass is 10.0. The normalized spacial score (nSPS) is 14.8. The number of nitrogens with one attached hydrogen (secondary N) is 1. The Morgan fingerprint density at radius 3 is 1.65 bits per heavy atom. The van der Waals surface area contributed by atoms with E-state index in [1.54, 1.807) is 6.08 Å². The Kier molecular flexibility index (Phi) is 32.2. The van der Waals surface area contributed by atoms with Gasteiger partial charge in [-0.05, 0) is 32.1 Å². The van der Waals surface area contributed by atoms with Crippen LogP contribution in [0.5, 0.6) is 0 Å². The van der Waals surface area contributed by atoms with Crippen molar-refractivity contribution in [3.05, 3.63) is 24.3 Å². The van der Waals surface area contributed by atoms with Crippen molar-refractivity contribution in [1.82, 2.24) is 5.32 Å². The molecule has 8 nitrogen and oxygen atoms in total. The average molecular weight is 715 g/mol. The number of likely N-dealkylation sites (N-methyl/N-ethyl adjacent to an activating group) is 1. The molecule has 2 N–H and O–H groups in total. The highest BCUT2D eigenvalue weighted by Crippen LogP contribution is 2.38. The van der Waals surface area contributed by atoms with Gasteiger partial charge in [-0.1, -0.05) is 160 Å². The molecule has 0 fully saturated rings. The van der Waals surface area contributed by atoms with Gasteiger partial charge >= 0.3 is 0 Å². The fourth-order valence-corrected chi connectivity index (χ4v) is 6.36. The van der Waals surface area contributed by atoms with Crippen molar-refractivity contribution < 1.29 is 32.9 Å². The number of carbonyl (C=O) groups is 1. The molecule has 0 radical (unpaired) electrons. The molecule has 0 rings (SSSR count). The lowest BCUT2D eigenvalue weighted by molar-refractivity contribution is -0.870. The largest absolute Gasteiger partial charge is 0.756 e. The number of allylic oxidation sites excluding steroid dienone is 3. The number of aliphatic hydroxyl groups excluding tert-OH is 1. The Morgan fingerprint density at radius 2 is 1.14 bits per heavy atom. The van der Waals surface area contributed by atoms with Crippen molar-refractivity contribution in [1.29, 1.82) is 0 Å². The number of phosphoric acid groups is 1. The van der Waals surface area contributed by atoms with Gasteiger partial charge in [-0.3, -0.25) is 9.36 Å². The molecule has 290 valence electrons. The lowest BCUT2D eigenvalue weighted by Gasteiger charge is -2.29. The molecule has 0 aromatic carbocycles. The maximum absolute atomic E-state index is 12.7. The molecule has 1 amide bonds. The van der Waals surface area contributed by atoms with Gasteiger partial charge in [0.25, 0.3) is 7.82 Å². The summed E-state index contributed by atoms with van der Waals surface area (Å²) in [6, 6.07) is -0.895. The standard InChI is InChI=1S/C40H79N2O6P/c1-6-8-10-12-14-16-17-18-19-20-21-22-23-24-25-26-27-29-31-33-39(43)38(37-48-49(45,46)47-36-35-42(3,4)5)41-40(44)34-32-30-28-15-13-11-9-7-2/h25-26,31,33,38-39,43H,6-24,27-30,32,34-37H2,1-5H3,(H-,41,44,45,46)/b26-25+,33-31+. The third kappa shape index (κ3) is 35.2. The molecule has 0 aliphatic carbocycles. The van der Waals surface area contributed by atoms with E-state index in [4.69, 9.17) is 9.05 Å². The third-order valence-corrected chi connectivity index (χ3v) is 9.88. The van der Waals surface area contributed by atoms with E-state index >= 15 is 0 Å². The molecule has 0 aromatic rings. The molecule has 3 atom stereocenters. The van der Waals surface area contributed by atoms with Crippen molar-refractivity contribution in [2.24, 2.45) is 0 Å². The molecule has 0 saturated carbocycles. The Labute approximate surface area is 303 Å². The monoisotopic (exact) mass is 715 g/mol. The zero-order valence-corrected chi connectivity index (χ0v) is 33.5. The number of carbonyl (C=O) groups excluding carboxylic acids is 1. The summed E-state index contributed by atoms with van der Waals surface area (Å²) < 4.78 is 23.0. The summed E-state index contributed by atoms with van der Waals surface area (Å²) in [7, 11) is 1.24. The van der Waals surface area contributed by atoms with Crippen LogP contribution in [0.1, 0.15) is 174 Å². The second-order valence-corrected chi connectivity index (χ2v) is 16.4. The number of aliphatic hydroxyl groups is 1. The van der Waals surface area contributed by atoms with Crippen molar-refractivity contribution >= 4 is 13.7 Å². The van der Waals surface area contributed by atoms with Crippen LogP contribution >= 0.6 is 7.82 Å². The zero-order valence-electron chi connectivity index (χ0n) is 32.6. The molecular weight excluding hydrogens is 635 g/mol. The Hall–Kier alpha value is -1.02. The predicted molar refractivity (Wildman–Crippen MR) is 205 cm³/mol. The summed E-state index contributed by atoms with van der Waals surface area (Å²) in [5.74, 6) is -0.213. The number of hydrogen-bond acceptors (Lipinski definition) is 6. The molecule has 0 bridgehead atoms. The van der Waals surface area contributed by atoms with E-state index in [1.807, 2.05) is 27.2 Å². The van der Waals surface area contributed by atoms with Crippen LogP contribution in [0.2, 0.25) is 0 Å².